The molecule has 1 atom stereocenters. The molecule has 2 aromatic rings. The summed E-state index contributed by atoms with van der Waals surface area (Å²) in [7, 11) is 1.87. The second-order valence-corrected chi connectivity index (χ2v) is 9.81. The summed E-state index contributed by atoms with van der Waals surface area (Å²) in [5, 5.41) is 4.59. The lowest BCUT2D eigenvalue weighted by Crippen LogP contribution is -2.46. The Kier molecular flexibility index (Phi) is 6.15. The highest BCUT2D eigenvalue weighted by atomic mass is 16.2. The van der Waals surface area contributed by atoms with Crippen LogP contribution in [-0.2, 0) is 24.8 Å². The third-order valence-electron chi connectivity index (χ3n) is 7.58. The lowest BCUT2D eigenvalue weighted by atomic mass is 9.95. The van der Waals surface area contributed by atoms with Crippen LogP contribution in [0, 0.1) is 12.8 Å². The van der Waals surface area contributed by atoms with Gasteiger partial charge in [-0.05, 0) is 44.2 Å². The normalized spacial score (nSPS) is 20.4. The number of aryl methyl sites for hydroxylation is 2. The zero-order valence-corrected chi connectivity index (χ0v) is 20.1. The van der Waals surface area contributed by atoms with Crippen LogP contribution in [0.4, 0.5) is 0 Å². The fourth-order valence-electron chi connectivity index (χ4n) is 5.63. The van der Waals surface area contributed by atoms with E-state index in [1.807, 2.05) is 48.0 Å². The standard InChI is InChI=1S/C26H33N5O3/c1-18-8-3-4-10-20(18)25(33)31-15-11-22-21(17-31)23(27-28(22)2)26(34)30-14-7-9-19(16-30)24(32)29-12-5-6-13-29/h3-4,8,10,19H,5-7,9,11-17H2,1-2H3. The maximum absolute atomic E-state index is 13.6. The predicted molar refractivity (Wildman–Crippen MR) is 127 cm³/mol. The van der Waals surface area contributed by atoms with Crippen molar-refractivity contribution in [2.75, 3.05) is 32.7 Å². The predicted octanol–water partition coefficient (Wildman–Crippen LogP) is 2.40. The molecule has 0 radical (unpaired) electrons. The fourth-order valence-corrected chi connectivity index (χ4v) is 5.63. The van der Waals surface area contributed by atoms with E-state index in [4.69, 9.17) is 0 Å². The summed E-state index contributed by atoms with van der Waals surface area (Å²) in [6.07, 6.45) is 4.46. The van der Waals surface area contributed by atoms with Crippen molar-refractivity contribution in [3.63, 3.8) is 0 Å². The minimum Gasteiger partial charge on any atom is -0.342 e. The van der Waals surface area contributed by atoms with E-state index in [0.29, 0.717) is 43.9 Å². The van der Waals surface area contributed by atoms with Crippen LogP contribution >= 0.6 is 0 Å². The van der Waals surface area contributed by atoms with Crippen LogP contribution < -0.4 is 0 Å². The molecule has 0 aliphatic carbocycles. The number of carbonyl (C=O) groups excluding carboxylic acids is 3. The third-order valence-corrected chi connectivity index (χ3v) is 7.58. The molecule has 0 saturated carbocycles. The van der Waals surface area contributed by atoms with E-state index in [2.05, 4.69) is 5.10 Å². The van der Waals surface area contributed by atoms with Crippen LogP contribution in [-0.4, -0.2) is 74.9 Å². The summed E-state index contributed by atoms with van der Waals surface area (Å²) in [6, 6.07) is 7.61. The quantitative estimate of drug-likeness (QED) is 0.700. The van der Waals surface area contributed by atoms with Crippen molar-refractivity contribution >= 4 is 17.7 Å². The van der Waals surface area contributed by atoms with Gasteiger partial charge in [0.15, 0.2) is 5.69 Å². The first-order valence-corrected chi connectivity index (χ1v) is 12.4. The number of piperidine rings is 1. The summed E-state index contributed by atoms with van der Waals surface area (Å²) < 4.78 is 1.79. The van der Waals surface area contributed by atoms with Crippen LogP contribution in [0.2, 0.25) is 0 Å². The molecule has 3 aliphatic rings. The second-order valence-electron chi connectivity index (χ2n) is 9.81. The van der Waals surface area contributed by atoms with Gasteiger partial charge in [-0.25, -0.2) is 0 Å². The highest BCUT2D eigenvalue weighted by molar-refractivity contribution is 5.97. The van der Waals surface area contributed by atoms with Gasteiger partial charge in [-0.15, -0.1) is 0 Å². The Bertz CT molecular complexity index is 1120. The molecule has 1 unspecified atom stereocenters. The largest absolute Gasteiger partial charge is 0.342 e. The first kappa shape index (κ1) is 22.6. The molecule has 0 N–H and O–H groups in total. The average molecular weight is 464 g/mol. The minimum absolute atomic E-state index is 0.0137. The second kappa shape index (κ2) is 9.24. The first-order valence-electron chi connectivity index (χ1n) is 12.4. The Morgan fingerprint density at radius 1 is 0.912 bits per heavy atom. The molecule has 2 saturated heterocycles. The zero-order chi connectivity index (χ0) is 23.8. The number of hydrogen-bond acceptors (Lipinski definition) is 4. The van der Waals surface area contributed by atoms with Crippen molar-refractivity contribution in [2.45, 2.75) is 45.6 Å². The van der Waals surface area contributed by atoms with E-state index in [-0.39, 0.29) is 23.6 Å². The minimum atomic E-state index is -0.130. The first-order chi connectivity index (χ1) is 16.4. The molecule has 8 heteroatoms. The van der Waals surface area contributed by atoms with E-state index < -0.39 is 0 Å². The smallest absolute Gasteiger partial charge is 0.274 e. The van der Waals surface area contributed by atoms with Crippen LogP contribution in [0.1, 0.15) is 63.4 Å². The highest BCUT2D eigenvalue weighted by Gasteiger charge is 2.36. The van der Waals surface area contributed by atoms with Crippen LogP contribution in [0.25, 0.3) is 0 Å². The molecule has 3 amide bonds. The summed E-state index contributed by atoms with van der Waals surface area (Å²) >= 11 is 0. The van der Waals surface area contributed by atoms with Gasteiger partial charge in [0.2, 0.25) is 5.91 Å². The molecule has 8 nitrogen and oxygen atoms in total. The molecule has 1 aromatic carbocycles. The molecular formula is C26H33N5O3. The van der Waals surface area contributed by atoms with Crippen molar-refractivity contribution in [3.8, 4) is 0 Å². The SMILES string of the molecule is Cc1ccccc1C(=O)N1CCc2c(c(C(=O)N3CCCC(C(=O)N4CCCC4)C3)nn2C)C1. The number of nitrogens with zero attached hydrogens (tertiary/aromatic N) is 5. The number of benzene rings is 1. The zero-order valence-electron chi connectivity index (χ0n) is 20.1. The van der Waals surface area contributed by atoms with E-state index >= 15 is 0 Å². The monoisotopic (exact) mass is 463 g/mol. The van der Waals surface area contributed by atoms with Crippen LogP contribution in [0.5, 0.6) is 0 Å². The van der Waals surface area contributed by atoms with Crippen molar-refractivity contribution < 1.29 is 14.4 Å². The summed E-state index contributed by atoms with van der Waals surface area (Å²) in [5.41, 5.74) is 3.92. The molecular weight excluding hydrogens is 430 g/mol. The molecule has 0 bridgehead atoms. The number of carbonyl (C=O) groups is 3. The van der Waals surface area contributed by atoms with Crippen molar-refractivity contribution in [1.82, 2.24) is 24.5 Å². The van der Waals surface area contributed by atoms with E-state index in [1.54, 1.807) is 9.58 Å². The fraction of sp³-hybridized carbons (Fsp3) is 0.538. The number of fused-ring (bicyclic) bond motifs is 1. The van der Waals surface area contributed by atoms with Gasteiger partial charge in [-0.2, -0.15) is 5.10 Å². The maximum atomic E-state index is 13.6. The van der Waals surface area contributed by atoms with E-state index in [0.717, 1.165) is 55.6 Å². The van der Waals surface area contributed by atoms with Crippen LogP contribution in [0.15, 0.2) is 24.3 Å². The van der Waals surface area contributed by atoms with Gasteiger partial charge in [0.25, 0.3) is 11.8 Å². The number of rotatable bonds is 3. The topological polar surface area (TPSA) is 78.8 Å². The van der Waals surface area contributed by atoms with Gasteiger partial charge < -0.3 is 14.7 Å². The molecule has 180 valence electrons. The number of aromatic nitrogens is 2. The van der Waals surface area contributed by atoms with Crippen LogP contribution in [0.3, 0.4) is 0 Å². The molecule has 3 aliphatic heterocycles. The van der Waals surface area contributed by atoms with Gasteiger partial charge in [-0.1, -0.05) is 18.2 Å². The molecule has 34 heavy (non-hydrogen) atoms. The van der Waals surface area contributed by atoms with E-state index in [1.165, 1.54) is 0 Å². The number of hydrogen-bond donors (Lipinski definition) is 0. The molecule has 1 aromatic heterocycles. The van der Waals surface area contributed by atoms with Gasteiger partial charge in [0, 0.05) is 63.0 Å². The summed E-state index contributed by atoms with van der Waals surface area (Å²) in [6.45, 7) is 5.68. The number of amides is 3. The van der Waals surface area contributed by atoms with Crippen molar-refractivity contribution in [1.29, 1.82) is 0 Å². The lowest BCUT2D eigenvalue weighted by molar-refractivity contribution is -0.135. The Hall–Kier alpha value is -3.16. The Morgan fingerprint density at radius 3 is 2.41 bits per heavy atom. The molecule has 0 spiro atoms. The summed E-state index contributed by atoms with van der Waals surface area (Å²) in [5.74, 6) is -0.0799. The molecule has 2 fully saturated rings. The number of likely N-dealkylation sites (tertiary alicyclic amines) is 2. The molecule has 4 heterocycles. The lowest BCUT2D eigenvalue weighted by Gasteiger charge is -2.34. The van der Waals surface area contributed by atoms with Gasteiger partial charge in [0.05, 0.1) is 12.5 Å². The van der Waals surface area contributed by atoms with Crippen molar-refractivity contribution in [2.24, 2.45) is 13.0 Å². The Balaban J connectivity index is 1.34. The maximum Gasteiger partial charge on any atom is 0.274 e. The van der Waals surface area contributed by atoms with E-state index in [9.17, 15) is 14.4 Å². The third kappa shape index (κ3) is 4.10. The highest BCUT2D eigenvalue weighted by Crippen LogP contribution is 2.27. The van der Waals surface area contributed by atoms with Gasteiger partial charge in [-0.3, -0.25) is 19.1 Å². The summed E-state index contributed by atoms with van der Waals surface area (Å²) in [4.78, 5) is 45.3. The van der Waals surface area contributed by atoms with Gasteiger partial charge in [0.1, 0.15) is 0 Å². The molecule has 5 rings (SSSR count). The average Bonchev–Trinajstić information content (AvgIpc) is 3.51. The van der Waals surface area contributed by atoms with Gasteiger partial charge >= 0.3 is 0 Å². The Morgan fingerprint density at radius 2 is 1.65 bits per heavy atom. The van der Waals surface area contributed by atoms with Crippen molar-refractivity contribution in [3.05, 3.63) is 52.3 Å². The Labute approximate surface area is 200 Å².